The third kappa shape index (κ3) is 6.12. The number of nitrogens with one attached hydrogen (secondary N) is 1. The van der Waals surface area contributed by atoms with Gasteiger partial charge in [0.25, 0.3) is 0 Å². The molecule has 3 aliphatic rings. The van der Waals surface area contributed by atoms with Crippen molar-refractivity contribution in [3.63, 3.8) is 0 Å². The lowest BCUT2D eigenvalue weighted by atomic mass is 9.62. The van der Waals surface area contributed by atoms with E-state index in [2.05, 4.69) is 24.1 Å². The molecule has 2 fully saturated rings. The summed E-state index contributed by atoms with van der Waals surface area (Å²) in [5.41, 5.74) is 8.32. The second kappa shape index (κ2) is 12.3. The van der Waals surface area contributed by atoms with E-state index >= 15 is 0 Å². The molecule has 0 amide bonds. The molecule has 3 N–H and O–H groups in total. The number of ether oxygens (including phenoxy) is 2. The van der Waals surface area contributed by atoms with Crippen LogP contribution in [0.2, 0.25) is 0 Å². The van der Waals surface area contributed by atoms with Gasteiger partial charge < -0.3 is 20.5 Å². The van der Waals surface area contributed by atoms with Crippen LogP contribution in [-0.4, -0.2) is 54.4 Å². The van der Waals surface area contributed by atoms with E-state index in [1.54, 1.807) is 0 Å². The molecule has 1 spiro atoms. The number of carbonyl (C=O) groups is 2. The first-order chi connectivity index (χ1) is 17.9. The fourth-order valence-electron chi connectivity index (χ4n) is 5.74. The van der Waals surface area contributed by atoms with Crippen molar-refractivity contribution in [1.82, 2.24) is 15.3 Å². The Kier molecular flexibility index (Phi) is 9.13. The van der Waals surface area contributed by atoms with E-state index in [0.717, 1.165) is 56.3 Å². The number of hydrogen-bond acceptors (Lipinski definition) is 8. The average Bonchev–Trinajstić information content (AvgIpc) is 2.91. The van der Waals surface area contributed by atoms with Crippen LogP contribution >= 0.6 is 0 Å². The van der Waals surface area contributed by atoms with Crippen molar-refractivity contribution in [2.24, 2.45) is 17.1 Å². The highest BCUT2D eigenvalue weighted by atomic mass is 16.5. The molecule has 1 aromatic rings. The monoisotopic (exact) mass is 510 g/mol. The Morgan fingerprint density at radius 3 is 2.70 bits per heavy atom. The predicted octanol–water partition coefficient (Wildman–Crippen LogP) is 4.24. The van der Waals surface area contributed by atoms with E-state index in [4.69, 9.17) is 20.2 Å². The van der Waals surface area contributed by atoms with E-state index in [1.807, 2.05) is 19.2 Å². The quantitative estimate of drug-likeness (QED) is 0.288. The Labute approximate surface area is 220 Å². The van der Waals surface area contributed by atoms with Gasteiger partial charge in [0.05, 0.1) is 30.0 Å². The maximum atomic E-state index is 13.7. The van der Waals surface area contributed by atoms with Gasteiger partial charge in [-0.25, -0.2) is 4.98 Å². The molecule has 3 atom stereocenters. The number of aromatic nitrogens is 2. The zero-order valence-corrected chi connectivity index (χ0v) is 22.6. The predicted molar refractivity (Wildman–Crippen MR) is 144 cm³/mol. The number of hydrogen-bond donors (Lipinski definition) is 2. The summed E-state index contributed by atoms with van der Waals surface area (Å²) in [5.74, 6) is 1.05. The Morgan fingerprint density at radius 1 is 1.16 bits per heavy atom. The van der Waals surface area contributed by atoms with Crippen molar-refractivity contribution < 1.29 is 19.1 Å². The molecule has 0 unspecified atom stereocenters. The summed E-state index contributed by atoms with van der Waals surface area (Å²) in [6.07, 6.45) is 9.58. The third-order valence-corrected chi connectivity index (χ3v) is 8.29. The lowest BCUT2D eigenvalue weighted by Gasteiger charge is -2.38. The zero-order chi connectivity index (χ0) is 26.4. The minimum atomic E-state index is -0.909. The molecular weight excluding hydrogens is 468 g/mol. The number of allylic oxidation sites excluding steroid dienone is 1. The van der Waals surface area contributed by atoms with Gasteiger partial charge >= 0.3 is 0 Å². The van der Waals surface area contributed by atoms with Gasteiger partial charge in [-0.1, -0.05) is 19.4 Å². The number of rotatable bonds is 9. The third-order valence-electron chi connectivity index (χ3n) is 8.29. The largest absolute Gasteiger partial charge is 0.474 e. The van der Waals surface area contributed by atoms with Crippen molar-refractivity contribution in [3.05, 3.63) is 29.2 Å². The van der Waals surface area contributed by atoms with Crippen molar-refractivity contribution in [3.8, 4) is 5.88 Å². The molecule has 37 heavy (non-hydrogen) atoms. The van der Waals surface area contributed by atoms with Crippen LogP contribution in [-0.2, 0) is 14.3 Å². The minimum absolute atomic E-state index is 0.0514. The molecule has 1 aromatic heterocycles. The van der Waals surface area contributed by atoms with Crippen molar-refractivity contribution in [2.75, 3.05) is 26.8 Å². The minimum Gasteiger partial charge on any atom is -0.474 e. The molecule has 0 saturated heterocycles. The fraction of sp³-hybridized carbons (Fsp3) is 0.655. The second-order valence-electron chi connectivity index (χ2n) is 10.8. The van der Waals surface area contributed by atoms with Gasteiger partial charge in [-0.05, 0) is 83.4 Å². The lowest BCUT2D eigenvalue weighted by molar-refractivity contribution is -0.143. The molecular formula is C29H42N4O4. The Hall–Kier alpha value is -2.58. The van der Waals surface area contributed by atoms with Crippen molar-refractivity contribution in [2.45, 2.75) is 84.2 Å². The second-order valence-corrected chi connectivity index (χ2v) is 10.8. The van der Waals surface area contributed by atoms with Crippen LogP contribution in [0.3, 0.4) is 0 Å². The summed E-state index contributed by atoms with van der Waals surface area (Å²) in [7, 11) is 1.96. The number of nitrogens with zero attached hydrogens (tertiary/aromatic N) is 2. The molecule has 202 valence electrons. The van der Waals surface area contributed by atoms with Crippen molar-refractivity contribution >= 4 is 22.8 Å². The van der Waals surface area contributed by atoms with Crippen LogP contribution in [0.25, 0.3) is 11.3 Å². The molecule has 8 nitrogen and oxygen atoms in total. The summed E-state index contributed by atoms with van der Waals surface area (Å²) in [6, 6.07) is 1.87. The van der Waals surface area contributed by atoms with Crippen LogP contribution in [0.4, 0.5) is 0 Å². The standard InChI is InChI=1S/C29H42N4O4/c1-19(8-7-15-31-3)20(2)37-25-18-23(21-11-16-36-17-12-21)32-28(33-25)26(30)22-9-6-14-29(27(22)35)13-5-4-10-24(29)34/h11,18-20,31H,4-10,12-17,30H2,1-3H3/t19-,20-,29+/m0/s1. The fourth-order valence-corrected chi connectivity index (χ4v) is 5.74. The first kappa shape index (κ1) is 27.5. The van der Waals surface area contributed by atoms with Crippen molar-refractivity contribution in [1.29, 1.82) is 0 Å². The molecule has 0 aromatic carbocycles. The highest BCUT2D eigenvalue weighted by Crippen LogP contribution is 2.45. The number of carbonyl (C=O) groups excluding carboxylic acids is 2. The van der Waals surface area contributed by atoms with Crippen LogP contribution in [0, 0.1) is 11.3 Å². The SMILES string of the molecule is CNCCC[C@H](C)[C@H](C)Oc1cc(C2=CCOCC2)nc(C(N)=C2CCC[C@@]3(CCCCC3=O)C2=O)n1. The molecule has 8 heteroatoms. The number of nitrogens with two attached hydrogens (primary N) is 1. The highest BCUT2D eigenvalue weighted by Gasteiger charge is 2.49. The maximum absolute atomic E-state index is 13.7. The number of ketones is 2. The topological polar surface area (TPSA) is 116 Å². The van der Waals surface area contributed by atoms with Gasteiger partial charge in [0.1, 0.15) is 11.9 Å². The van der Waals surface area contributed by atoms with Crippen LogP contribution in [0.15, 0.2) is 17.7 Å². The van der Waals surface area contributed by atoms with Crippen LogP contribution < -0.4 is 15.8 Å². The van der Waals surface area contributed by atoms with Gasteiger partial charge in [0, 0.05) is 18.1 Å². The van der Waals surface area contributed by atoms with Gasteiger partial charge in [0.15, 0.2) is 11.6 Å². The first-order valence-corrected chi connectivity index (χ1v) is 13.9. The van der Waals surface area contributed by atoms with Gasteiger partial charge in [-0.2, -0.15) is 4.98 Å². The van der Waals surface area contributed by atoms with E-state index in [-0.39, 0.29) is 23.4 Å². The van der Waals surface area contributed by atoms with Gasteiger partial charge in [0.2, 0.25) is 5.88 Å². The van der Waals surface area contributed by atoms with Crippen LogP contribution in [0.1, 0.15) is 89.6 Å². The number of Topliss-reactive ketones (excluding diaryl/α,β-unsaturated/α-hetero) is 2. The van der Waals surface area contributed by atoms with E-state index in [1.165, 1.54) is 0 Å². The molecule has 2 saturated carbocycles. The Morgan fingerprint density at radius 2 is 1.97 bits per heavy atom. The van der Waals surface area contributed by atoms with Gasteiger partial charge in [-0.15, -0.1) is 0 Å². The normalized spacial score (nSPS) is 25.5. The molecule has 4 rings (SSSR count). The Balaban J connectivity index is 1.67. The summed E-state index contributed by atoms with van der Waals surface area (Å²) < 4.78 is 11.8. The van der Waals surface area contributed by atoms with E-state index in [9.17, 15) is 9.59 Å². The van der Waals surface area contributed by atoms with E-state index in [0.29, 0.717) is 62.1 Å². The highest BCUT2D eigenvalue weighted by molar-refractivity contribution is 6.17. The first-order valence-electron chi connectivity index (χ1n) is 13.9. The smallest absolute Gasteiger partial charge is 0.217 e. The molecule has 2 heterocycles. The molecule has 2 aliphatic carbocycles. The summed E-state index contributed by atoms with van der Waals surface area (Å²) >= 11 is 0. The lowest BCUT2D eigenvalue weighted by Crippen LogP contribution is -2.45. The van der Waals surface area contributed by atoms with Crippen LogP contribution in [0.5, 0.6) is 5.88 Å². The molecule has 1 aliphatic heterocycles. The van der Waals surface area contributed by atoms with E-state index < -0.39 is 5.41 Å². The molecule has 0 bridgehead atoms. The van der Waals surface area contributed by atoms with Gasteiger partial charge in [-0.3, -0.25) is 9.59 Å². The Bertz CT molecular complexity index is 1060. The summed E-state index contributed by atoms with van der Waals surface area (Å²) in [4.78, 5) is 36.1. The summed E-state index contributed by atoms with van der Waals surface area (Å²) in [5, 5.41) is 3.19. The maximum Gasteiger partial charge on any atom is 0.217 e. The summed E-state index contributed by atoms with van der Waals surface area (Å²) in [6.45, 7) is 6.37. The molecule has 0 radical (unpaired) electrons. The zero-order valence-electron chi connectivity index (χ0n) is 22.6. The average molecular weight is 511 g/mol.